The van der Waals surface area contributed by atoms with Crippen molar-refractivity contribution in [2.75, 3.05) is 19.6 Å². The third-order valence-electron chi connectivity index (χ3n) is 5.38. The highest BCUT2D eigenvalue weighted by molar-refractivity contribution is 5.98. The zero-order valence-electron chi connectivity index (χ0n) is 16.1. The van der Waals surface area contributed by atoms with E-state index < -0.39 is 12.1 Å². The fourth-order valence-corrected chi connectivity index (χ4v) is 3.98. The fraction of sp³-hybridized carbons (Fsp3) is 0.450. The number of hydrogen-bond acceptors (Lipinski definition) is 3. The third kappa shape index (κ3) is 3.30. The molecule has 2 atom stereocenters. The topological polar surface area (TPSA) is 97.5 Å². The quantitative estimate of drug-likeness (QED) is 0.733. The molecule has 0 bridgehead atoms. The lowest BCUT2D eigenvalue weighted by Gasteiger charge is -2.45. The fourth-order valence-electron chi connectivity index (χ4n) is 3.98. The number of urea groups is 1. The van der Waals surface area contributed by atoms with Crippen molar-refractivity contribution in [1.29, 1.82) is 0 Å². The van der Waals surface area contributed by atoms with Gasteiger partial charge in [-0.3, -0.25) is 9.59 Å². The van der Waals surface area contributed by atoms with Gasteiger partial charge >= 0.3 is 6.03 Å². The maximum atomic E-state index is 13.0. The van der Waals surface area contributed by atoms with Crippen LogP contribution in [0.1, 0.15) is 19.4 Å². The number of piperazine rings is 2. The van der Waals surface area contributed by atoms with Gasteiger partial charge in [0.15, 0.2) is 0 Å². The van der Waals surface area contributed by atoms with Crippen LogP contribution in [0.3, 0.4) is 0 Å². The molecule has 1 aromatic carbocycles. The molecule has 3 N–H and O–H groups in total. The van der Waals surface area contributed by atoms with Crippen LogP contribution in [0, 0.1) is 0 Å². The molecule has 2 aromatic rings. The van der Waals surface area contributed by atoms with E-state index in [2.05, 4.69) is 15.6 Å². The van der Waals surface area contributed by atoms with Crippen LogP contribution in [0.5, 0.6) is 0 Å². The number of fused-ring (bicyclic) bond motifs is 2. The molecular weight excluding hydrogens is 358 g/mol. The number of hydrogen-bond donors (Lipinski definition) is 3. The minimum absolute atomic E-state index is 0.0212. The summed E-state index contributed by atoms with van der Waals surface area (Å²) in [6.45, 7) is 4.79. The summed E-state index contributed by atoms with van der Waals surface area (Å²) in [5.41, 5.74) is 2.01. The molecule has 2 fully saturated rings. The van der Waals surface area contributed by atoms with Gasteiger partial charge < -0.3 is 25.4 Å². The second kappa shape index (κ2) is 7.18. The zero-order chi connectivity index (χ0) is 19.8. The van der Waals surface area contributed by atoms with Crippen LogP contribution in [0.15, 0.2) is 30.5 Å². The van der Waals surface area contributed by atoms with Gasteiger partial charge in [-0.1, -0.05) is 18.2 Å². The van der Waals surface area contributed by atoms with Crippen molar-refractivity contribution in [2.45, 2.75) is 38.4 Å². The van der Waals surface area contributed by atoms with Crippen molar-refractivity contribution >= 4 is 28.7 Å². The molecule has 4 rings (SSSR count). The molecule has 4 amide bonds. The minimum Gasteiger partial charge on any atom is -0.361 e. The number of rotatable bonds is 3. The third-order valence-corrected chi connectivity index (χ3v) is 5.38. The number of nitrogens with zero attached hydrogens (tertiary/aromatic N) is 2. The molecule has 148 valence electrons. The van der Waals surface area contributed by atoms with E-state index in [0.717, 1.165) is 16.5 Å². The Morgan fingerprint density at radius 1 is 1.25 bits per heavy atom. The largest absolute Gasteiger partial charge is 0.361 e. The number of carbonyl (C=O) groups excluding carboxylic acids is 3. The lowest BCUT2D eigenvalue weighted by molar-refractivity contribution is -0.152. The molecule has 1 aromatic heterocycles. The van der Waals surface area contributed by atoms with Crippen molar-refractivity contribution in [2.24, 2.45) is 0 Å². The first-order valence-electron chi connectivity index (χ1n) is 9.65. The van der Waals surface area contributed by atoms with Crippen LogP contribution in [0.25, 0.3) is 10.9 Å². The zero-order valence-corrected chi connectivity index (χ0v) is 16.1. The van der Waals surface area contributed by atoms with Crippen LogP contribution in [-0.4, -0.2) is 70.4 Å². The lowest BCUT2D eigenvalue weighted by Crippen LogP contribution is -2.70. The van der Waals surface area contributed by atoms with E-state index in [1.165, 1.54) is 0 Å². The molecule has 0 aliphatic carbocycles. The van der Waals surface area contributed by atoms with E-state index in [1.807, 2.05) is 44.3 Å². The number of H-pyrrole nitrogens is 1. The van der Waals surface area contributed by atoms with Gasteiger partial charge in [0.1, 0.15) is 12.1 Å². The number of carbonyl (C=O) groups is 3. The number of benzene rings is 1. The Kier molecular flexibility index (Phi) is 4.70. The highest BCUT2D eigenvalue weighted by Gasteiger charge is 2.44. The van der Waals surface area contributed by atoms with E-state index in [-0.39, 0.29) is 30.4 Å². The first-order valence-corrected chi connectivity index (χ1v) is 9.65. The van der Waals surface area contributed by atoms with E-state index in [4.69, 9.17) is 0 Å². The molecule has 2 aliphatic heterocycles. The molecule has 28 heavy (non-hydrogen) atoms. The van der Waals surface area contributed by atoms with Crippen LogP contribution in [-0.2, 0) is 16.0 Å². The summed E-state index contributed by atoms with van der Waals surface area (Å²) in [5.74, 6) is -0.287. The standard InChI is InChI=1S/C20H25N5O3/c1-12(2)22-20(28)24-7-8-25-17(11-24)18(26)23-16(19(25)27)9-13-10-21-15-6-4-3-5-14(13)15/h3-6,10,12,16-17,21H,7-9,11H2,1-2H3,(H,22,28)(H,23,26)/t16-,17-/m0/s1. The van der Waals surface area contributed by atoms with Gasteiger partial charge in [0.2, 0.25) is 11.8 Å². The Balaban J connectivity index is 1.47. The average molecular weight is 383 g/mol. The minimum atomic E-state index is -0.626. The van der Waals surface area contributed by atoms with Crippen LogP contribution >= 0.6 is 0 Å². The van der Waals surface area contributed by atoms with Gasteiger partial charge in [0.05, 0.1) is 6.54 Å². The monoisotopic (exact) mass is 383 g/mol. The van der Waals surface area contributed by atoms with E-state index in [0.29, 0.717) is 19.5 Å². The van der Waals surface area contributed by atoms with Crippen LogP contribution < -0.4 is 10.6 Å². The molecule has 8 nitrogen and oxygen atoms in total. The molecule has 3 heterocycles. The number of aromatic nitrogens is 1. The summed E-state index contributed by atoms with van der Waals surface area (Å²) in [6, 6.07) is 6.51. The molecule has 2 saturated heterocycles. The van der Waals surface area contributed by atoms with Crippen molar-refractivity contribution < 1.29 is 14.4 Å². The average Bonchev–Trinajstić information content (AvgIpc) is 3.08. The summed E-state index contributed by atoms with van der Waals surface area (Å²) in [4.78, 5) is 44.4. The lowest BCUT2D eigenvalue weighted by atomic mass is 9.98. The normalized spacial score (nSPS) is 22.4. The number of amides is 4. The summed E-state index contributed by atoms with van der Waals surface area (Å²) in [7, 11) is 0. The number of para-hydroxylation sites is 1. The van der Waals surface area contributed by atoms with E-state index in [1.54, 1.807) is 9.80 Å². The first-order chi connectivity index (χ1) is 13.4. The van der Waals surface area contributed by atoms with Crippen molar-refractivity contribution in [3.8, 4) is 0 Å². The van der Waals surface area contributed by atoms with Gasteiger partial charge in [-0.2, -0.15) is 0 Å². The molecule has 0 spiro atoms. The van der Waals surface area contributed by atoms with Gasteiger partial charge in [-0.05, 0) is 25.5 Å². The number of nitrogens with one attached hydrogen (secondary N) is 3. The summed E-state index contributed by atoms with van der Waals surface area (Å²) < 4.78 is 0. The van der Waals surface area contributed by atoms with Crippen LogP contribution in [0.2, 0.25) is 0 Å². The predicted octanol–water partition coefficient (Wildman–Crippen LogP) is 0.840. The molecular formula is C20H25N5O3. The highest BCUT2D eigenvalue weighted by atomic mass is 16.2. The molecule has 0 radical (unpaired) electrons. The second-order valence-corrected chi connectivity index (χ2v) is 7.72. The summed E-state index contributed by atoms with van der Waals surface area (Å²) >= 11 is 0. The second-order valence-electron chi connectivity index (χ2n) is 7.72. The predicted molar refractivity (Wildman–Crippen MR) is 105 cm³/mol. The number of aromatic amines is 1. The van der Waals surface area contributed by atoms with Gasteiger partial charge in [0.25, 0.3) is 0 Å². The van der Waals surface area contributed by atoms with E-state index >= 15 is 0 Å². The van der Waals surface area contributed by atoms with Gasteiger partial charge in [0, 0.05) is 42.7 Å². The molecule has 8 heteroatoms. The van der Waals surface area contributed by atoms with Gasteiger partial charge in [-0.25, -0.2) is 4.79 Å². The Labute approximate surface area is 163 Å². The van der Waals surface area contributed by atoms with E-state index in [9.17, 15) is 14.4 Å². The Hall–Kier alpha value is -3.03. The SMILES string of the molecule is CC(C)NC(=O)N1CCN2C(=O)[C@H](Cc3c[nH]c4ccccc34)NC(=O)[C@@H]2C1. The summed E-state index contributed by atoms with van der Waals surface area (Å²) in [5, 5.41) is 6.76. The Morgan fingerprint density at radius 3 is 2.82 bits per heavy atom. The van der Waals surface area contributed by atoms with Crippen molar-refractivity contribution in [3.63, 3.8) is 0 Å². The summed E-state index contributed by atoms with van der Waals surface area (Å²) in [6.07, 6.45) is 2.33. The Morgan fingerprint density at radius 2 is 2.04 bits per heavy atom. The smallest absolute Gasteiger partial charge is 0.317 e. The molecule has 2 aliphatic rings. The van der Waals surface area contributed by atoms with Gasteiger partial charge in [-0.15, -0.1) is 0 Å². The molecule has 0 unspecified atom stereocenters. The van der Waals surface area contributed by atoms with Crippen molar-refractivity contribution in [3.05, 3.63) is 36.0 Å². The van der Waals surface area contributed by atoms with Crippen molar-refractivity contribution in [1.82, 2.24) is 25.4 Å². The Bertz CT molecular complexity index is 921. The first kappa shape index (κ1) is 18.3. The molecule has 0 saturated carbocycles. The maximum absolute atomic E-state index is 13.0. The highest BCUT2D eigenvalue weighted by Crippen LogP contribution is 2.22. The van der Waals surface area contributed by atoms with Crippen LogP contribution in [0.4, 0.5) is 4.79 Å². The maximum Gasteiger partial charge on any atom is 0.317 e.